The van der Waals surface area contributed by atoms with E-state index < -0.39 is 0 Å². The molecule has 0 aliphatic carbocycles. The van der Waals surface area contributed by atoms with Gasteiger partial charge in [0.25, 0.3) is 0 Å². The summed E-state index contributed by atoms with van der Waals surface area (Å²) in [4.78, 5) is 0. The van der Waals surface area contributed by atoms with Gasteiger partial charge in [0, 0.05) is 0 Å². The van der Waals surface area contributed by atoms with E-state index in [2.05, 4.69) is 13.8 Å². The van der Waals surface area contributed by atoms with Crippen LogP contribution in [0.3, 0.4) is 0 Å². The molecule has 0 spiro atoms. The molecule has 0 amide bonds. The Hall–Kier alpha value is 0.596. The van der Waals surface area contributed by atoms with Crippen molar-refractivity contribution >= 4 is 19.0 Å². The molecule has 1 nitrogen and oxygen atoms in total. The maximum absolute atomic E-state index is 5.18. The molecule has 0 radical (unpaired) electrons. The van der Waals surface area contributed by atoms with Crippen LogP contribution in [-0.4, -0.2) is 25.1 Å². The molecule has 0 saturated heterocycles. The molecule has 0 aliphatic heterocycles. The van der Waals surface area contributed by atoms with Crippen LogP contribution in [0.5, 0.6) is 0 Å². The van der Waals surface area contributed by atoms with Gasteiger partial charge in [-0.05, 0) is 0 Å². The summed E-state index contributed by atoms with van der Waals surface area (Å²) in [6, 6.07) is 0. The molecule has 0 heterocycles. The van der Waals surface area contributed by atoms with Gasteiger partial charge in [0.05, 0.1) is 0 Å². The summed E-state index contributed by atoms with van der Waals surface area (Å²) in [5, 5.41) is 0. The van der Waals surface area contributed by atoms with Crippen molar-refractivity contribution in [3.63, 3.8) is 0 Å². The molecule has 0 bridgehead atoms. The zero-order chi connectivity index (χ0) is 5.70. The van der Waals surface area contributed by atoms with Gasteiger partial charge in [-0.3, -0.25) is 0 Å². The molecule has 42 valence electrons. The fourth-order valence-corrected chi connectivity index (χ4v) is 1.02. The Labute approximate surface area is 55.8 Å². The topological polar surface area (TPSA) is 9.23 Å². The molecule has 0 rings (SSSR count). The van der Waals surface area contributed by atoms with Crippen LogP contribution in [-0.2, 0) is 3.53 Å². The van der Waals surface area contributed by atoms with E-state index in [1.807, 2.05) is 0 Å². The van der Waals surface area contributed by atoms with E-state index >= 15 is 0 Å². The SMILES string of the molecule is CCCC(C)[O][GaH2]. The zero-order valence-electron chi connectivity index (χ0n) is 5.40. The summed E-state index contributed by atoms with van der Waals surface area (Å²) in [5.74, 6) is 0. The van der Waals surface area contributed by atoms with Crippen LogP contribution in [0.1, 0.15) is 26.7 Å². The number of rotatable bonds is 3. The molecule has 2 heteroatoms. The average molecular weight is 159 g/mol. The van der Waals surface area contributed by atoms with E-state index in [0.29, 0.717) is 25.1 Å². The average Bonchev–Trinajstić information content (AvgIpc) is 1.68. The molecular formula is C5H13GaO. The standard InChI is InChI=1S/C5H11O.Ga.2H/c1-3-4-5(2)6;;;/h5H,3-4H2,1-2H3;;;/q-1;+1;;. The third kappa shape index (κ3) is 4.45. The number of hydrogen-bond acceptors (Lipinski definition) is 1. The monoisotopic (exact) mass is 158 g/mol. The maximum atomic E-state index is 5.18. The van der Waals surface area contributed by atoms with Crippen molar-refractivity contribution in [3.8, 4) is 0 Å². The second-order valence-corrected chi connectivity index (χ2v) is 2.82. The molecule has 1 unspecified atom stereocenters. The molecule has 1 atom stereocenters. The second kappa shape index (κ2) is 4.75. The molecule has 7 heavy (non-hydrogen) atoms. The molecule has 0 aromatic heterocycles. The molecule has 0 fully saturated rings. The van der Waals surface area contributed by atoms with Gasteiger partial charge < -0.3 is 0 Å². The Morgan fingerprint density at radius 1 is 1.71 bits per heavy atom. The third-order valence-electron chi connectivity index (χ3n) is 1.10. The van der Waals surface area contributed by atoms with Gasteiger partial charge in [0.2, 0.25) is 0 Å². The van der Waals surface area contributed by atoms with Crippen molar-refractivity contribution in [2.45, 2.75) is 32.8 Å². The fraction of sp³-hybridized carbons (Fsp3) is 1.00. The molecule has 0 aliphatic rings. The second-order valence-electron chi connectivity index (χ2n) is 1.83. The van der Waals surface area contributed by atoms with Crippen molar-refractivity contribution in [2.24, 2.45) is 0 Å². The summed E-state index contributed by atoms with van der Waals surface area (Å²) in [6.45, 7) is 4.32. The Morgan fingerprint density at radius 3 is 2.43 bits per heavy atom. The first-order chi connectivity index (χ1) is 3.31. The molecule has 0 aromatic rings. The molecule has 0 aromatic carbocycles. The Balaban J connectivity index is 2.83. The zero-order valence-corrected chi connectivity index (χ0v) is 9.60. The Kier molecular flexibility index (Phi) is 5.15. The van der Waals surface area contributed by atoms with Gasteiger partial charge in [-0.25, -0.2) is 0 Å². The summed E-state index contributed by atoms with van der Waals surface area (Å²) >= 11 is 0.585. The van der Waals surface area contributed by atoms with Crippen LogP contribution >= 0.6 is 0 Å². The summed E-state index contributed by atoms with van der Waals surface area (Å²) in [6.07, 6.45) is 3.00. The first-order valence-electron chi connectivity index (χ1n) is 2.84. The molecular weight excluding hydrogens is 146 g/mol. The first kappa shape index (κ1) is 7.60. The van der Waals surface area contributed by atoms with E-state index in [1.165, 1.54) is 12.8 Å². The first-order valence-corrected chi connectivity index (χ1v) is 4.55. The minimum absolute atomic E-state index is 0.532. The number of hydrogen-bond donors (Lipinski definition) is 0. The normalized spacial score (nSPS) is 14.0. The van der Waals surface area contributed by atoms with Gasteiger partial charge in [0.15, 0.2) is 0 Å². The molecule has 0 N–H and O–H groups in total. The van der Waals surface area contributed by atoms with Crippen LogP contribution in [0, 0.1) is 0 Å². The van der Waals surface area contributed by atoms with Crippen LogP contribution in [0.2, 0.25) is 0 Å². The van der Waals surface area contributed by atoms with Crippen LogP contribution in [0.25, 0.3) is 0 Å². The van der Waals surface area contributed by atoms with Crippen LogP contribution in [0.4, 0.5) is 0 Å². The third-order valence-corrected chi connectivity index (χ3v) is 2.79. The van der Waals surface area contributed by atoms with Crippen molar-refractivity contribution in [1.29, 1.82) is 0 Å². The summed E-state index contributed by atoms with van der Waals surface area (Å²) in [5.41, 5.74) is 0. The predicted molar refractivity (Wildman–Crippen MR) is 34.0 cm³/mol. The summed E-state index contributed by atoms with van der Waals surface area (Å²) < 4.78 is 5.18. The fourth-order valence-electron chi connectivity index (χ4n) is 0.524. The van der Waals surface area contributed by atoms with Gasteiger partial charge in [-0.2, -0.15) is 0 Å². The predicted octanol–water partition coefficient (Wildman–Crippen LogP) is 0.740. The van der Waals surface area contributed by atoms with Crippen LogP contribution in [0.15, 0.2) is 0 Å². The van der Waals surface area contributed by atoms with Gasteiger partial charge in [0.1, 0.15) is 0 Å². The van der Waals surface area contributed by atoms with E-state index in [0.717, 1.165) is 0 Å². The minimum atomic E-state index is 0.532. The van der Waals surface area contributed by atoms with E-state index in [9.17, 15) is 0 Å². The van der Waals surface area contributed by atoms with Gasteiger partial charge in [-0.15, -0.1) is 0 Å². The van der Waals surface area contributed by atoms with E-state index in [4.69, 9.17) is 3.53 Å². The van der Waals surface area contributed by atoms with Gasteiger partial charge in [-0.1, -0.05) is 0 Å². The molecule has 0 saturated carbocycles. The summed E-state index contributed by atoms with van der Waals surface area (Å²) in [7, 11) is 0. The van der Waals surface area contributed by atoms with E-state index in [-0.39, 0.29) is 0 Å². The van der Waals surface area contributed by atoms with Crippen molar-refractivity contribution in [1.82, 2.24) is 0 Å². The quantitative estimate of drug-likeness (QED) is 0.551. The van der Waals surface area contributed by atoms with Crippen molar-refractivity contribution in [3.05, 3.63) is 0 Å². The van der Waals surface area contributed by atoms with Gasteiger partial charge >= 0.3 is 55.3 Å². The van der Waals surface area contributed by atoms with Crippen molar-refractivity contribution < 1.29 is 3.53 Å². The van der Waals surface area contributed by atoms with Crippen LogP contribution < -0.4 is 0 Å². The van der Waals surface area contributed by atoms with Crippen molar-refractivity contribution in [2.75, 3.05) is 0 Å². The Morgan fingerprint density at radius 2 is 2.29 bits per heavy atom. The Bertz CT molecular complexity index is 39.1. The van der Waals surface area contributed by atoms with E-state index in [1.54, 1.807) is 0 Å².